The fourth-order valence-electron chi connectivity index (χ4n) is 2.69. The Bertz CT molecular complexity index is 555. The molecule has 8 heteroatoms. The van der Waals surface area contributed by atoms with Crippen molar-refractivity contribution in [1.82, 2.24) is 5.32 Å². The van der Waals surface area contributed by atoms with Gasteiger partial charge in [-0.2, -0.15) is 0 Å². The van der Waals surface area contributed by atoms with Gasteiger partial charge in [-0.25, -0.2) is 0 Å². The van der Waals surface area contributed by atoms with E-state index in [9.17, 15) is 13.6 Å². The van der Waals surface area contributed by atoms with E-state index in [0.29, 0.717) is 18.5 Å². The first kappa shape index (κ1) is 15.9. The molecule has 1 saturated heterocycles. The van der Waals surface area contributed by atoms with Gasteiger partial charge in [0.1, 0.15) is 11.8 Å². The summed E-state index contributed by atoms with van der Waals surface area (Å²) in [7, 11) is 0. The number of aliphatic carboxylic acids is 1. The molecule has 2 N–H and O–H groups in total. The number of benzene rings is 1. The van der Waals surface area contributed by atoms with Gasteiger partial charge in [-0.15, -0.1) is 21.2 Å². The second-order valence-electron chi connectivity index (χ2n) is 4.91. The van der Waals surface area contributed by atoms with Crippen LogP contribution in [0.2, 0.25) is 0 Å². The molecule has 2 aliphatic rings. The fraction of sp³-hybridized carbons (Fsp3) is 0.462. The summed E-state index contributed by atoms with van der Waals surface area (Å²) in [6.45, 7) is 0.247. The Labute approximate surface area is 125 Å². The average molecular weight is 322 g/mol. The monoisotopic (exact) mass is 321 g/mol. The van der Waals surface area contributed by atoms with Gasteiger partial charge in [-0.3, -0.25) is 9.53 Å². The third kappa shape index (κ3) is 3.09. The van der Waals surface area contributed by atoms with Crippen LogP contribution in [0.1, 0.15) is 23.5 Å². The molecule has 2 atom stereocenters. The summed E-state index contributed by atoms with van der Waals surface area (Å²) in [5, 5.41) is 11.9. The Morgan fingerprint density at radius 3 is 2.86 bits per heavy atom. The summed E-state index contributed by atoms with van der Waals surface area (Å²) >= 11 is 0. The molecule has 0 amide bonds. The SMILES string of the molecule is Cl.O=C(O)C1CC(c2cccc3c2COC(F)(F)O3)CN1. The summed E-state index contributed by atoms with van der Waals surface area (Å²) in [4.78, 5) is 10.9. The second-order valence-corrected chi connectivity index (χ2v) is 4.91. The molecule has 0 aromatic heterocycles. The van der Waals surface area contributed by atoms with Gasteiger partial charge in [0, 0.05) is 12.1 Å². The van der Waals surface area contributed by atoms with Crippen molar-refractivity contribution in [3.8, 4) is 5.75 Å². The molecular formula is C13H14ClF2NO4. The van der Waals surface area contributed by atoms with Crippen LogP contribution >= 0.6 is 12.4 Å². The minimum Gasteiger partial charge on any atom is -0.480 e. The van der Waals surface area contributed by atoms with E-state index in [1.807, 2.05) is 0 Å². The van der Waals surface area contributed by atoms with Crippen molar-refractivity contribution in [2.24, 2.45) is 0 Å². The van der Waals surface area contributed by atoms with E-state index in [0.717, 1.165) is 5.56 Å². The maximum Gasteiger partial charge on any atom is 0.535 e. The molecule has 2 aliphatic heterocycles. The molecule has 5 nitrogen and oxygen atoms in total. The maximum atomic E-state index is 13.0. The largest absolute Gasteiger partial charge is 0.535 e. The van der Waals surface area contributed by atoms with Crippen molar-refractivity contribution in [3.63, 3.8) is 0 Å². The van der Waals surface area contributed by atoms with Gasteiger partial charge in [-0.05, 0) is 24.0 Å². The number of hydrogen-bond donors (Lipinski definition) is 2. The highest BCUT2D eigenvalue weighted by Gasteiger charge is 2.40. The van der Waals surface area contributed by atoms with E-state index in [4.69, 9.17) is 5.11 Å². The van der Waals surface area contributed by atoms with Crippen LogP contribution in [0.5, 0.6) is 5.75 Å². The van der Waals surface area contributed by atoms with Crippen LogP contribution in [-0.4, -0.2) is 30.0 Å². The van der Waals surface area contributed by atoms with Gasteiger partial charge in [-0.1, -0.05) is 12.1 Å². The van der Waals surface area contributed by atoms with Crippen molar-refractivity contribution >= 4 is 18.4 Å². The van der Waals surface area contributed by atoms with Crippen LogP contribution in [-0.2, 0) is 16.1 Å². The predicted octanol–water partition coefficient (Wildman–Crippen LogP) is 2.10. The highest BCUT2D eigenvalue weighted by Crippen LogP contribution is 2.39. The lowest BCUT2D eigenvalue weighted by Gasteiger charge is -2.27. The van der Waals surface area contributed by atoms with Crippen LogP contribution in [0.25, 0.3) is 0 Å². The standard InChI is InChI=1S/C13H13F2NO4.ClH/c14-13(15)19-6-9-8(2-1-3-11(9)20-13)7-4-10(12(17)18)16-5-7;/h1-3,7,10,16H,4-6H2,(H,17,18);1H. The number of rotatable bonds is 2. The summed E-state index contributed by atoms with van der Waals surface area (Å²) in [5.41, 5.74) is 1.37. The lowest BCUT2D eigenvalue weighted by molar-refractivity contribution is -0.368. The van der Waals surface area contributed by atoms with Crippen molar-refractivity contribution < 1.29 is 28.2 Å². The Morgan fingerprint density at radius 2 is 2.19 bits per heavy atom. The first-order valence-corrected chi connectivity index (χ1v) is 6.25. The predicted molar refractivity (Wildman–Crippen MR) is 70.8 cm³/mol. The van der Waals surface area contributed by atoms with E-state index in [1.54, 1.807) is 12.1 Å². The summed E-state index contributed by atoms with van der Waals surface area (Å²) in [6, 6.07) is 4.28. The number of alkyl halides is 2. The number of carboxylic acids is 1. The van der Waals surface area contributed by atoms with Crippen molar-refractivity contribution in [1.29, 1.82) is 0 Å². The molecule has 2 unspecified atom stereocenters. The van der Waals surface area contributed by atoms with Gasteiger partial charge in [0.05, 0.1) is 6.61 Å². The summed E-state index contributed by atoms with van der Waals surface area (Å²) in [6.07, 6.45) is -3.19. The van der Waals surface area contributed by atoms with E-state index >= 15 is 0 Å². The molecule has 0 bridgehead atoms. The molecule has 2 heterocycles. The van der Waals surface area contributed by atoms with Gasteiger partial charge in [0.2, 0.25) is 0 Å². The Hall–Kier alpha value is -1.44. The van der Waals surface area contributed by atoms with Gasteiger partial charge < -0.3 is 15.2 Å². The maximum absolute atomic E-state index is 13.0. The molecule has 21 heavy (non-hydrogen) atoms. The topological polar surface area (TPSA) is 67.8 Å². The zero-order valence-electron chi connectivity index (χ0n) is 10.8. The quantitative estimate of drug-likeness (QED) is 0.873. The van der Waals surface area contributed by atoms with E-state index in [2.05, 4.69) is 14.8 Å². The zero-order chi connectivity index (χ0) is 14.3. The Morgan fingerprint density at radius 1 is 1.43 bits per heavy atom. The lowest BCUT2D eigenvalue weighted by atomic mass is 9.91. The Balaban J connectivity index is 0.00000161. The van der Waals surface area contributed by atoms with Crippen molar-refractivity contribution in [3.05, 3.63) is 29.3 Å². The first-order valence-electron chi connectivity index (χ1n) is 6.25. The van der Waals surface area contributed by atoms with Crippen LogP contribution in [0.15, 0.2) is 18.2 Å². The zero-order valence-corrected chi connectivity index (χ0v) is 11.7. The molecule has 1 aromatic carbocycles. The van der Waals surface area contributed by atoms with E-state index in [-0.39, 0.29) is 30.7 Å². The van der Waals surface area contributed by atoms with Crippen LogP contribution in [0.3, 0.4) is 0 Å². The average Bonchev–Trinajstić information content (AvgIpc) is 2.86. The second kappa shape index (κ2) is 5.75. The third-order valence-corrected chi connectivity index (χ3v) is 3.65. The summed E-state index contributed by atoms with van der Waals surface area (Å²) < 4.78 is 34.9. The van der Waals surface area contributed by atoms with Gasteiger partial charge in [0.15, 0.2) is 0 Å². The minimum absolute atomic E-state index is 0. The molecule has 0 saturated carbocycles. The molecule has 0 aliphatic carbocycles. The van der Waals surface area contributed by atoms with Gasteiger partial charge >= 0.3 is 12.3 Å². The third-order valence-electron chi connectivity index (χ3n) is 3.65. The normalized spacial score (nSPS) is 26.4. The van der Waals surface area contributed by atoms with E-state index in [1.165, 1.54) is 6.07 Å². The number of ether oxygens (including phenoxy) is 2. The fourth-order valence-corrected chi connectivity index (χ4v) is 2.69. The highest BCUT2D eigenvalue weighted by atomic mass is 35.5. The van der Waals surface area contributed by atoms with Gasteiger partial charge in [0.25, 0.3) is 0 Å². The van der Waals surface area contributed by atoms with E-state index < -0.39 is 18.3 Å². The van der Waals surface area contributed by atoms with Crippen LogP contribution in [0.4, 0.5) is 8.78 Å². The molecular weight excluding hydrogens is 308 g/mol. The van der Waals surface area contributed by atoms with Crippen molar-refractivity contribution in [2.75, 3.05) is 6.54 Å². The number of nitrogens with one attached hydrogen (secondary N) is 1. The molecule has 0 radical (unpaired) electrons. The molecule has 3 rings (SSSR count). The molecule has 1 fully saturated rings. The highest BCUT2D eigenvalue weighted by molar-refractivity contribution is 5.85. The summed E-state index contributed by atoms with van der Waals surface area (Å²) in [5.74, 6) is -0.862. The van der Waals surface area contributed by atoms with Crippen LogP contribution in [0, 0.1) is 0 Å². The Kier molecular flexibility index (Phi) is 4.36. The number of hydrogen-bond acceptors (Lipinski definition) is 4. The number of fused-ring (bicyclic) bond motifs is 1. The number of carbonyl (C=O) groups is 1. The first-order chi connectivity index (χ1) is 9.46. The van der Waals surface area contributed by atoms with Crippen molar-refractivity contribution in [2.45, 2.75) is 31.3 Å². The number of halogens is 3. The molecule has 0 spiro atoms. The smallest absolute Gasteiger partial charge is 0.480 e. The molecule has 1 aromatic rings. The number of carboxylic acid groups (broad SMARTS) is 1. The molecule has 116 valence electrons. The minimum atomic E-state index is -3.61. The lowest BCUT2D eigenvalue weighted by Crippen LogP contribution is -2.33. The van der Waals surface area contributed by atoms with Crippen LogP contribution < -0.4 is 10.1 Å².